The summed E-state index contributed by atoms with van der Waals surface area (Å²) in [5, 5.41) is 24.5. The highest BCUT2D eigenvalue weighted by molar-refractivity contribution is 6.00. The Morgan fingerprint density at radius 1 is 1.02 bits per heavy atom. The van der Waals surface area contributed by atoms with Crippen LogP contribution in [-0.4, -0.2) is 84.2 Å². The zero-order valence-corrected chi connectivity index (χ0v) is 24.8. The molecule has 0 aromatic heterocycles. The minimum absolute atomic E-state index is 0.0855. The van der Waals surface area contributed by atoms with Gasteiger partial charge < -0.3 is 29.9 Å². The van der Waals surface area contributed by atoms with Crippen molar-refractivity contribution in [3.63, 3.8) is 0 Å². The van der Waals surface area contributed by atoms with Gasteiger partial charge >= 0.3 is 0 Å². The Morgan fingerprint density at radius 3 is 2.31 bits per heavy atom. The second kappa shape index (κ2) is 16.6. The number of hydrogen-bond acceptors (Lipinski definition) is 6. The summed E-state index contributed by atoms with van der Waals surface area (Å²) in [4.78, 5) is 28.4. The van der Waals surface area contributed by atoms with Crippen molar-refractivity contribution in [1.82, 2.24) is 10.2 Å². The second-order valence-corrected chi connectivity index (χ2v) is 11.0. The van der Waals surface area contributed by atoms with E-state index in [0.717, 1.165) is 50.3 Å². The molecule has 8 nitrogen and oxygen atoms in total. The van der Waals surface area contributed by atoms with Gasteiger partial charge in [-0.05, 0) is 86.9 Å². The summed E-state index contributed by atoms with van der Waals surface area (Å²) in [7, 11) is 0. The van der Waals surface area contributed by atoms with Crippen LogP contribution in [0.2, 0.25) is 0 Å². The summed E-state index contributed by atoms with van der Waals surface area (Å²) < 4.78 is 39.1. The molecular formula is C32H44F2N2O6. The number of amides is 2. The Hall–Kier alpha value is -2.92. The molecule has 0 radical (unpaired) electrons. The van der Waals surface area contributed by atoms with Crippen LogP contribution in [0.5, 0.6) is 0 Å². The predicted octanol–water partition coefficient (Wildman–Crippen LogP) is 4.18. The molecule has 10 heteroatoms. The van der Waals surface area contributed by atoms with Gasteiger partial charge in [0.1, 0.15) is 23.8 Å². The van der Waals surface area contributed by atoms with E-state index in [4.69, 9.17) is 9.47 Å². The number of hydrogen-bond donors (Lipinski definition) is 3. The molecule has 1 heterocycles. The highest BCUT2D eigenvalue weighted by Gasteiger charge is 2.30. The average Bonchev–Trinajstić information content (AvgIpc) is 2.95. The van der Waals surface area contributed by atoms with Crippen molar-refractivity contribution >= 4 is 11.8 Å². The number of ether oxygens (including phenoxy) is 2. The lowest BCUT2D eigenvalue weighted by atomic mass is 9.96. The zero-order valence-electron chi connectivity index (χ0n) is 24.8. The fourth-order valence-corrected chi connectivity index (χ4v) is 5.19. The lowest BCUT2D eigenvalue weighted by Gasteiger charge is -2.29. The number of carbonyl (C=O) groups is 2. The van der Waals surface area contributed by atoms with Gasteiger partial charge in [0.25, 0.3) is 11.8 Å². The normalized spacial score (nSPS) is 17.4. The Labute approximate surface area is 247 Å². The molecule has 1 saturated heterocycles. The van der Waals surface area contributed by atoms with Gasteiger partial charge in [-0.15, -0.1) is 0 Å². The summed E-state index contributed by atoms with van der Waals surface area (Å²) in [6.07, 6.45) is 1.28. The molecule has 1 unspecified atom stereocenters. The summed E-state index contributed by atoms with van der Waals surface area (Å²) >= 11 is 0. The molecule has 42 heavy (non-hydrogen) atoms. The van der Waals surface area contributed by atoms with E-state index in [1.54, 1.807) is 24.0 Å². The third kappa shape index (κ3) is 10.1. The molecule has 0 aliphatic carbocycles. The molecule has 4 atom stereocenters. The molecule has 0 bridgehead atoms. The predicted molar refractivity (Wildman–Crippen MR) is 155 cm³/mol. The maximum absolute atomic E-state index is 13.9. The van der Waals surface area contributed by atoms with E-state index in [0.29, 0.717) is 30.8 Å². The summed E-state index contributed by atoms with van der Waals surface area (Å²) in [6, 6.07) is 6.66. The maximum atomic E-state index is 13.9. The Kier molecular flexibility index (Phi) is 13.3. The van der Waals surface area contributed by atoms with E-state index in [1.807, 2.05) is 13.8 Å². The number of halogens is 2. The van der Waals surface area contributed by atoms with Gasteiger partial charge in [-0.25, -0.2) is 8.78 Å². The van der Waals surface area contributed by atoms with E-state index in [9.17, 15) is 28.6 Å². The molecule has 2 aromatic carbocycles. The highest BCUT2D eigenvalue weighted by atomic mass is 19.1. The summed E-state index contributed by atoms with van der Waals surface area (Å²) in [6.45, 7) is 7.62. The van der Waals surface area contributed by atoms with E-state index >= 15 is 0 Å². The molecule has 2 amide bonds. The molecule has 0 saturated carbocycles. The van der Waals surface area contributed by atoms with Gasteiger partial charge in [0.2, 0.25) is 0 Å². The molecule has 1 aliphatic heterocycles. The van der Waals surface area contributed by atoms with Crippen molar-refractivity contribution < 1.29 is 38.1 Å². The van der Waals surface area contributed by atoms with Crippen LogP contribution in [0.4, 0.5) is 8.78 Å². The SMILES string of the molecule is CCCN(CCC)C(=O)c1cc(C)cc(C(=O)N[C@@H](Cc2cc(F)cc(F)c2)[C@@H](O)[C@H](O)COCC2CCCCO2)c1. The number of aryl methyl sites for hydroxylation is 1. The van der Waals surface area contributed by atoms with Crippen LogP contribution in [0.1, 0.15) is 77.8 Å². The van der Waals surface area contributed by atoms with Crippen molar-refractivity contribution in [1.29, 1.82) is 0 Å². The van der Waals surface area contributed by atoms with E-state index in [1.165, 1.54) is 6.07 Å². The fourth-order valence-electron chi connectivity index (χ4n) is 5.19. The van der Waals surface area contributed by atoms with Crippen LogP contribution in [0.3, 0.4) is 0 Å². The van der Waals surface area contributed by atoms with Crippen LogP contribution in [0.25, 0.3) is 0 Å². The van der Waals surface area contributed by atoms with Crippen molar-refractivity contribution in [2.75, 3.05) is 32.9 Å². The quantitative estimate of drug-likeness (QED) is 0.287. The lowest BCUT2D eigenvalue weighted by molar-refractivity contribution is -0.0837. The second-order valence-electron chi connectivity index (χ2n) is 11.0. The van der Waals surface area contributed by atoms with Gasteiger partial charge in [0, 0.05) is 36.9 Å². The van der Waals surface area contributed by atoms with Gasteiger partial charge in [-0.1, -0.05) is 13.8 Å². The standard InChI is InChI=1S/C32H44F2N2O6/c1-4-9-36(10-5-2)32(40)24-13-21(3)12-23(17-24)31(39)35-28(16-22-14-25(33)18-26(34)15-22)30(38)29(37)20-41-19-27-8-6-7-11-42-27/h12-15,17-18,27-30,37-38H,4-11,16,19-20H2,1-3H3,(H,35,39)/t27?,28-,29+,30+/m0/s1. The minimum Gasteiger partial charge on any atom is -0.388 e. The topological polar surface area (TPSA) is 108 Å². The maximum Gasteiger partial charge on any atom is 0.253 e. The molecule has 1 fully saturated rings. The zero-order chi connectivity index (χ0) is 30.6. The lowest BCUT2D eigenvalue weighted by Crippen LogP contribution is -2.51. The summed E-state index contributed by atoms with van der Waals surface area (Å²) in [5.41, 5.74) is 1.44. The number of rotatable bonds is 15. The first-order chi connectivity index (χ1) is 20.1. The van der Waals surface area contributed by atoms with Crippen molar-refractivity contribution in [3.05, 3.63) is 70.3 Å². The average molecular weight is 591 g/mol. The molecule has 232 valence electrons. The first-order valence-corrected chi connectivity index (χ1v) is 14.8. The van der Waals surface area contributed by atoms with Crippen LogP contribution >= 0.6 is 0 Å². The minimum atomic E-state index is -1.52. The summed E-state index contributed by atoms with van der Waals surface area (Å²) in [5.74, 6) is -2.38. The van der Waals surface area contributed by atoms with E-state index in [2.05, 4.69) is 5.32 Å². The van der Waals surface area contributed by atoms with Crippen LogP contribution < -0.4 is 5.32 Å². The first-order valence-electron chi connectivity index (χ1n) is 14.8. The van der Waals surface area contributed by atoms with E-state index < -0.39 is 35.8 Å². The number of nitrogens with zero attached hydrogens (tertiary/aromatic N) is 1. The largest absolute Gasteiger partial charge is 0.388 e. The number of benzene rings is 2. The monoisotopic (exact) mass is 590 g/mol. The van der Waals surface area contributed by atoms with Gasteiger partial charge in [0.15, 0.2) is 0 Å². The Bertz CT molecular complexity index is 1150. The highest BCUT2D eigenvalue weighted by Crippen LogP contribution is 2.18. The van der Waals surface area contributed by atoms with Crippen molar-refractivity contribution in [3.8, 4) is 0 Å². The first kappa shape index (κ1) is 33.6. The Morgan fingerprint density at radius 2 is 1.69 bits per heavy atom. The Balaban J connectivity index is 1.78. The van der Waals surface area contributed by atoms with Crippen LogP contribution in [0, 0.1) is 18.6 Å². The molecule has 1 aliphatic rings. The van der Waals surface area contributed by atoms with Gasteiger partial charge in [-0.2, -0.15) is 0 Å². The van der Waals surface area contributed by atoms with Gasteiger partial charge in [0.05, 0.1) is 25.4 Å². The van der Waals surface area contributed by atoms with Crippen LogP contribution in [-0.2, 0) is 15.9 Å². The number of carbonyl (C=O) groups excluding carboxylic acids is 2. The number of nitrogens with one attached hydrogen (secondary N) is 1. The van der Waals surface area contributed by atoms with E-state index in [-0.39, 0.29) is 42.8 Å². The number of aliphatic hydroxyl groups is 2. The molecular weight excluding hydrogens is 546 g/mol. The fraction of sp³-hybridized carbons (Fsp3) is 0.562. The third-order valence-corrected chi connectivity index (χ3v) is 7.23. The van der Waals surface area contributed by atoms with Crippen molar-refractivity contribution in [2.45, 2.75) is 83.6 Å². The molecule has 3 N–H and O–H groups in total. The van der Waals surface area contributed by atoms with Crippen LogP contribution in [0.15, 0.2) is 36.4 Å². The third-order valence-electron chi connectivity index (χ3n) is 7.23. The smallest absolute Gasteiger partial charge is 0.253 e. The molecule has 3 rings (SSSR count). The molecule has 0 spiro atoms. The van der Waals surface area contributed by atoms with Gasteiger partial charge in [-0.3, -0.25) is 9.59 Å². The van der Waals surface area contributed by atoms with Crippen molar-refractivity contribution in [2.24, 2.45) is 0 Å². The molecule has 2 aromatic rings. The number of aliphatic hydroxyl groups excluding tert-OH is 2.